The van der Waals surface area contributed by atoms with E-state index in [1.54, 1.807) is 0 Å². The molecule has 3 aliphatic rings. The van der Waals surface area contributed by atoms with Crippen molar-refractivity contribution in [1.82, 2.24) is 4.90 Å². The molecule has 0 amide bonds. The quantitative estimate of drug-likeness (QED) is 0.661. The zero-order valence-electron chi connectivity index (χ0n) is 9.84. The minimum absolute atomic E-state index is 0.537. The molecule has 2 atom stereocenters. The summed E-state index contributed by atoms with van der Waals surface area (Å²) < 4.78 is 0. The first kappa shape index (κ1) is 9.46. The summed E-state index contributed by atoms with van der Waals surface area (Å²) in [7, 11) is 0. The van der Waals surface area contributed by atoms with E-state index < -0.39 is 0 Å². The number of hydrogen-bond acceptors (Lipinski definition) is 2. The van der Waals surface area contributed by atoms with E-state index in [0.29, 0.717) is 12.1 Å². The summed E-state index contributed by atoms with van der Waals surface area (Å²) >= 11 is 0. The lowest BCUT2D eigenvalue weighted by molar-refractivity contribution is 0.295. The fraction of sp³-hybridized carbons (Fsp3) is 0.400. The fourth-order valence-electron chi connectivity index (χ4n) is 3.34. The maximum Gasteiger partial charge on any atom is 0.136 e. The number of nitrogens with zero attached hydrogens (tertiary/aromatic N) is 2. The van der Waals surface area contributed by atoms with Gasteiger partial charge in [0.05, 0.1) is 12.1 Å². The Morgan fingerprint density at radius 3 is 3.00 bits per heavy atom. The number of hydrogen-bond donors (Lipinski definition) is 0. The van der Waals surface area contributed by atoms with Crippen LogP contribution in [0.4, 0.5) is 0 Å². The Balaban J connectivity index is 1.82. The fourth-order valence-corrected chi connectivity index (χ4v) is 3.34. The van der Waals surface area contributed by atoms with Crippen molar-refractivity contribution in [2.75, 3.05) is 0 Å². The van der Waals surface area contributed by atoms with Crippen LogP contribution in [0.5, 0.6) is 0 Å². The standard InChI is InChI=1S/C15H16N2/c1-2-6-12-11(5-1)9-10-17-14-8-4-3-7-13(14)16-15(12)17/h1-2,5-6,9-10,13-14H,3-4,7-8H2. The molecule has 2 aliphatic heterocycles. The lowest BCUT2D eigenvalue weighted by Gasteiger charge is -2.32. The molecule has 1 aliphatic carbocycles. The minimum atomic E-state index is 0.537. The van der Waals surface area contributed by atoms with Gasteiger partial charge in [-0.3, -0.25) is 4.99 Å². The average Bonchev–Trinajstić information content (AvgIpc) is 2.78. The van der Waals surface area contributed by atoms with Gasteiger partial charge >= 0.3 is 0 Å². The molecule has 1 aromatic rings. The summed E-state index contributed by atoms with van der Waals surface area (Å²) in [5, 5.41) is 0. The molecule has 2 heteroatoms. The van der Waals surface area contributed by atoms with Gasteiger partial charge in [-0.25, -0.2) is 0 Å². The van der Waals surface area contributed by atoms with Gasteiger partial charge in [0.1, 0.15) is 5.84 Å². The molecule has 0 N–H and O–H groups in total. The predicted molar refractivity (Wildman–Crippen MR) is 69.9 cm³/mol. The van der Waals surface area contributed by atoms with Crippen LogP contribution in [0, 0.1) is 0 Å². The summed E-state index contributed by atoms with van der Waals surface area (Å²) in [6.07, 6.45) is 9.72. The second-order valence-electron chi connectivity index (χ2n) is 5.18. The minimum Gasteiger partial charge on any atom is -0.328 e. The van der Waals surface area contributed by atoms with Crippen LogP contribution in [-0.2, 0) is 0 Å². The largest absolute Gasteiger partial charge is 0.328 e. The Labute approximate surface area is 102 Å². The van der Waals surface area contributed by atoms with Gasteiger partial charge in [-0.1, -0.05) is 37.1 Å². The van der Waals surface area contributed by atoms with Crippen LogP contribution in [0.1, 0.15) is 36.8 Å². The van der Waals surface area contributed by atoms with Crippen LogP contribution in [0.15, 0.2) is 35.5 Å². The second-order valence-corrected chi connectivity index (χ2v) is 5.18. The molecule has 0 bridgehead atoms. The highest BCUT2D eigenvalue weighted by atomic mass is 15.3. The highest BCUT2D eigenvalue weighted by molar-refractivity contribution is 6.05. The van der Waals surface area contributed by atoms with E-state index in [1.807, 2.05) is 0 Å². The molecule has 0 radical (unpaired) electrons. The van der Waals surface area contributed by atoms with Crippen LogP contribution >= 0.6 is 0 Å². The lowest BCUT2D eigenvalue weighted by Crippen LogP contribution is -2.39. The van der Waals surface area contributed by atoms with Gasteiger partial charge in [0.2, 0.25) is 0 Å². The van der Waals surface area contributed by atoms with Crippen molar-refractivity contribution in [3.63, 3.8) is 0 Å². The topological polar surface area (TPSA) is 15.6 Å². The molecule has 86 valence electrons. The smallest absolute Gasteiger partial charge is 0.136 e. The van der Waals surface area contributed by atoms with E-state index in [-0.39, 0.29) is 0 Å². The van der Waals surface area contributed by atoms with Crippen molar-refractivity contribution in [3.8, 4) is 0 Å². The van der Waals surface area contributed by atoms with Gasteiger partial charge in [-0.05, 0) is 24.5 Å². The molecule has 17 heavy (non-hydrogen) atoms. The second kappa shape index (κ2) is 3.46. The number of rotatable bonds is 0. The van der Waals surface area contributed by atoms with E-state index in [0.717, 1.165) is 0 Å². The Morgan fingerprint density at radius 1 is 1.12 bits per heavy atom. The Morgan fingerprint density at radius 2 is 2.00 bits per heavy atom. The van der Waals surface area contributed by atoms with E-state index in [1.165, 1.54) is 42.6 Å². The van der Waals surface area contributed by atoms with E-state index in [2.05, 4.69) is 41.4 Å². The number of amidine groups is 1. The summed E-state index contributed by atoms with van der Waals surface area (Å²) in [6.45, 7) is 0. The van der Waals surface area contributed by atoms with Crippen molar-refractivity contribution in [2.24, 2.45) is 4.99 Å². The van der Waals surface area contributed by atoms with Crippen LogP contribution in [-0.4, -0.2) is 22.8 Å². The predicted octanol–water partition coefficient (Wildman–Crippen LogP) is 3.04. The third kappa shape index (κ3) is 1.30. The maximum absolute atomic E-state index is 4.96. The summed E-state index contributed by atoms with van der Waals surface area (Å²) in [5.41, 5.74) is 2.62. The Kier molecular flexibility index (Phi) is 1.92. The molecule has 2 heterocycles. The first-order valence-electron chi connectivity index (χ1n) is 6.57. The van der Waals surface area contributed by atoms with E-state index >= 15 is 0 Å². The molecule has 0 saturated heterocycles. The van der Waals surface area contributed by atoms with Crippen molar-refractivity contribution >= 4 is 11.9 Å². The van der Waals surface area contributed by atoms with Crippen molar-refractivity contribution in [3.05, 3.63) is 41.6 Å². The lowest BCUT2D eigenvalue weighted by atomic mass is 9.90. The normalized spacial score (nSPS) is 29.4. The zero-order valence-corrected chi connectivity index (χ0v) is 9.84. The van der Waals surface area contributed by atoms with E-state index in [4.69, 9.17) is 4.99 Å². The SMILES string of the molecule is C1=CN2C(=NC3CCCCC32)c2ccccc21. The van der Waals surface area contributed by atoms with Crippen LogP contribution in [0.3, 0.4) is 0 Å². The third-order valence-electron chi connectivity index (χ3n) is 4.20. The third-order valence-corrected chi connectivity index (χ3v) is 4.20. The molecule has 2 unspecified atom stereocenters. The molecular formula is C15H16N2. The van der Waals surface area contributed by atoms with Gasteiger partial charge in [0.15, 0.2) is 0 Å². The molecule has 4 rings (SSSR count). The summed E-state index contributed by atoms with van der Waals surface area (Å²) in [6, 6.07) is 9.75. The average molecular weight is 224 g/mol. The van der Waals surface area contributed by atoms with Gasteiger partial charge in [-0.15, -0.1) is 0 Å². The summed E-state index contributed by atoms with van der Waals surface area (Å²) in [5.74, 6) is 1.21. The van der Waals surface area contributed by atoms with Crippen LogP contribution in [0.25, 0.3) is 6.08 Å². The van der Waals surface area contributed by atoms with Crippen LogP contribution in [0.2, 0.25) is 0 Å². The van der Waals surface area contributed by atoms with Gasteiger partial charge < -0.3 is 4.90 Å². The van der Waals surface area contributed by atoms with Crippen molar-refractivity contribution in [2.45, 2.75) is 37.8 Å². The van der Waals surface area contributed by atoms with Gasteiger partial charge in [0, 0.05) is 11.8 Å². The van der Waals surface area contributed by atoms with E-state index in [9.17, 15) is 0 Å². The Bertz CT molecular complexity index is 515. The molecule has 0 spiro atoms. The van der Waals surface area contributed by atoms with Crippen molar-refractivity contribution in [1.29, 1.82) is 0 Å². The molecule has 0 aromatic heterocycles. The highest BCUT2D eigenvalue weighted by Gasteiger charge is 2.38. The number of aliphatic imine (C=N–C) groups is 1. The first-order chi connectivity index (χ1) is 8.43. The molecule has 1 saturated carbocycles. The summed E-state index contributed by atoms with van der Waals surface area (Å²) in [4.78, 5) is 7.37. The zero-order chi connectivity index (χ0) is 11.2. The monoisotopic (exact) mass is 224 g/mol. The first-order valence-corrected chi connectivity index (χ1v) is 6.57. The van der Waals surface area contributed by atoms with Gasteiger partial charge in [-0.2, -0.15) is 0 Å². The van der Waals surface area contributed by atoms with Crippen LogP contribution < -0.4 is 0 Å². The number of fused-ring (bicyclic) bond motifs is 5. The molecule has 1 aromatic carbocycles. The molecule has 2 nitrogen and oxygen atoms in total. The highest BCUT2D eigenvalue weighted by Crippen LogP contribution is 2.35. The number of benzene rings is 1. The molecular weight excluding hydrogens is 208 g/mol. The van der Waals surface area contributed by atoms with Gasteiger partial charge in [0.25, 0.3) is 0 Å². The molecule has 1 fully saturated rings. The van der Waals surface area contributed by atoms with Crippen molar-refractivity contribution < 1.29 is 0 Å². The Hall–Kier alpha value is -1.57. The maximum atomic E-state index is 4.96.